The highest BCUT2D eigenvalue weighted by atomic mass is 79.9. The lowest BCUT2D eigenvalue weighted by atomic mass is 10.0. The third-order valence-electron chi connectivity index (χ3n) is 3.14. The van der Waals surface area contributed by atoms with Crippen molar-refractivity contribution in [3.8, 4) is 0 Å². The zero-order chi connectivity index (χ0) is 15.9. The van der Waals surface area contributed by atoms with Crippen molar-refractivity contribution in [2.75, 3.05) is 12.3 Å². The highest BCUT2D eigenvalue weighted by Gasteiger charge is 2.18. The molecule has 0 unspecified atom stereocenters. The summed E-state index contributed by atoms with van der Waals surface area (Å²) in [7, 11) is -3.59. The molecule has 21 heavy (non-hydrogen) atoms. The van der Waals surface area contributed by atoms with Crippen molar-refractivity contribution in [2.24, 2.45) is 5.92 Å². The zero-order valence-corrected chi connectivity index (χ0v) is 15.0. The number of nitrogen functional groups attached to an aromatic ring is 1. The maximum Gasteiger partial charge on any atom is 0.244 e. The molecule has 1 aromatic heterocycles. The SMILES string of the molecule is CC(C)CCCCCCNS(=O)(=O)c1cc(Br)cnc1N. The summed E-state index contributed by atoms with van der Waals surface area (Å²) in [5.74, 6) is 0.748. The maximum atomic E-state index is 12.1. The van der Waals surface area contributed by atoms with E-state index in [1.165, 1.54) is 25.1 Å². The summed E-state index contributed by atoms with van der Waals surface area (Å²) in [4.78, 5) is 3.87. The van der Waals surface area contributed by atoms with Crippen molar-refractivity contribution in [3.05, 3.63) is 16.7 Å². The van der Waals surface area contributed by atoms with Crippen molar-refractivity contribution in [2.45, 2.75) is 50.8 Å². The average molecular weight is 378 g/mol. The van der Waals surface area contributed by atoms with Crippen LogP contribution in [0.5, 0.6) is 0 Å². The quantitative estimate of drug-likeness (QED) is 0.646. The minimum Gasteiger partial charge on any atom is -0.383 e. The van der Waals surface area contributed by atoms with E-state index in [2.05, 4.69) is 39.5 Å². The highest BCUT2D eigenvalue weighted by molar-refractivity contribution is 9.10. The normalized spacial score (nSPS) is 12.0. The Morgan fingerprint density at radius 3 is 2.62 bits per heavy atom. The molecular weight excluding hydrogens is 354 g/mol. The second-order valence-corrected chi connectivity index (χ2v) is 8.18. The molecule has 0 saturated carbocycles. The second kappa shape index (κ2) is 8.70. The van der Waals surface area contributed by atoms with E-state index >= 15 is 0 Å². The van der Waals surface area contributed by atoms with Crippen LogP contribution < -0.4 is 10.5 Å². The molecule has 0 spiro atoms. The van der Waals surface area contributed by atoms with Gasteiger partial charge in [0.2, 0.25) is 10.0 Å². The Labute approximate surface area is 135 Å². The Morgan fingerprint density at radius 1 is 1.29 bits per heavy atom. The second-order valence-electron chi connectivity index (χ2n) is 5.53. The van der Waals surface area contributed by atoms with Gasteiger partial charge in [0.15, 0.2) is 0 Å². The molecule has 0 atom stereocenters. The van der Waals surface area contributed by atoms with Gasteiger partial charge in [-0.05, 0) is 34.3 Å². The van der Waals surface area contributed by atoms with E-state index in [0.29, 0.717) is 11.0 Å². The minimum absolute atomic E-state index is 0.0163. The molecule has 0 aromatic carbocycles. The summed E-state index contributed by atoms with van der Waals surface area (Å²) in [5, 5.41) is 0. The lowest BCUT2D eigenvalue weighted by Gasteiger charge is -2.09. The number of nitrogens with one attached hydrogen (secondary N) is 1. The number of sulfonamides is 1. The van der Waals surface area contributed by atoms with Crippen molar-refractivity contribution < 1.29 is 8.42 Å². The fourth-order valence-electron chi connectivity index (χ4n) is 1.96. The van der Waals surface area contributed by atoms with Gasteiger partial charge in [0.1, 0.15) is 10.7 Å². The smallest absolute Gasteiger partial charge is 0.244 e. The molecule has 7 heteroatoms. The fourth-order valence-corrected chi connectivity index (χ4v) is 3.62. The van der Waals surface area contributed by atoms with Gasteiger partial charge in [0.25, 0.3) is 0 Å². The van der Waals surface area contributed by atoms with E-state index < -0.39 is 10.0 Å². The minimum atomic E-state index is -3.59. The van der Waals surface area contributed by atoms with Crippen LogP contribution in [0, 0.1) is 5.92 Å². The molecular formula is C14H24BrN3O2S. The van der Waals surface area contributed by atoms with Crippen LogP contribution in [0.25, 0.3) is 0 Å². The lowest BCUT2D eigenvalue weighted by Crippen LogP contribution is -2.26. The molecule has 0 saturated heterocycles. The molecule has 0 aliphatic carbocycles. The van der Waals surface area contributed by atoms with Crippen LogP contribution in [0.4, 0.5) is 5.82 Å². The van der Waals surface area contributed by atoms with Crippen LogP contribution in [-0.4, -0.2) is 19.9 Å². The summed E-state index contributed by atoms with van der Waals surface area (Å²) in [5.41, 5.74) is 5.62. The highest BCUT2D eigenvalue weighted by Crippen LogP contribution is 2.20. The molecule has 0 bridgehead atoms. The maximum absolute atomic E-state index is 12.1. The van der Waals surface area contributed by atoms with Gasteiger partial charge in [-0.2, -0.15) is 0 Å². The Hall–Kier alpha value is -0.660. The van der Waals surface area contributed by atoms with Gasteiger partial charge in [-0.3, -0.25) is 0 Å². The molecule has 0 radical (unpaired) electrons. The standard InChI is InChI=1S/C14H24BrN3O2S/c1-11(2)7-5-3-4-6-8-18-21(19,20)13-9-12(15)10-17-14(13)16/h9-11,18H,3-8H2,1-2H3,(H2,16,17). The van der Waals surface area contributed by atoms with Crippen LogP contribution in [0.2, 0.25) is 0 Å². The summed E-state index contributed by atoms with van der Waals surface area (Å²) in [6.07, 6.45) is 6.91. The number of unbranched alkanes of at least 4 members (excludes halogenated alkanes) is 3. The molecule has 0 aliphatic heterocycles. The number of pyridine rings is 1. The van der Waals surface area contributed by atoms with E-state index in [-0.39, 0.29) is 10.7 Å². The molecule has 5 nitrogen and oxygen atoms in total. The van der Waals surface area contributed by atoms with Crippen LogP contribution in [-0.2, 0) is 10.0 Å². The third kappa shape index (κ3) is 6.76. The van der Waals surface area contributed by atoms with E-state index in [1.54, 1.807) is 0 Å². The van der Waals surface area contributed by atoms with Gasteiger partial charge < -0.3 is 5.73 Å². The number of hydrogen-bond donors (Lipinski definition) is 2. The van der Waals surface area contributed by atoms with Crippen LogP contribution in [0.3, 0.4) is 0 Å². The number of aromatic nitrogens is 1. The molecule has 0 aliphatic rings. The van der Waals surface area contributed by atoms with E-state index in [0.717, 1.165) is 25.2 Å². The van der Waals surface area contributed by atoms with Gasteiger partial charge in [-0.25, -0.2) is 18.1 Å². The van der Waals surface area contributed by atoms with Crippen molar-refractivity contribution in [3.63, 3.8) is 0 Å². The van der Waals surface area contributed by atoms with Gasteiger partial charge in [-0.15, -0.1) is 0 Å². The Kier molecular flexibility index (Phi) is 7.62. The van der Waals surface area contributed by atoms with Gasteiger partial charge in [0.05, 0.1) is 0 Å². The van der Waals surface area contributed by atoms with Gasteiger partial charge in [-0.1, -0.05) is 39.5 Å². The molecule has 0 amide bonds. The lowest BCUT2D eigenvalue weighted by molar-refractivity contribution is 0.517. The first-order valence-corrected chi connectivity index (χ1v) is 9.51. The topological polar surface area (TPSA) is 85.1 Å². The van der Waals surface area contributed by atoms with Gasteiger partial charge >= 0.3 is 0 Å². The monoisotopic (exact) mass is 377 g/mol. The van der Waals surface area contributed by atoms with E-state index in [1.807, 2.05) is 0 Å². The molecule has 0 fully saturated rings. The Morgan fingerprint density at radius 2 is 1.95 bits per heavy atom. The van der Waals surface area contributed by atoms with Gasteiger partial charge in [0, 0.05) is 17.2 Å². The summed E-state index contributed by atoms with van der Waals surface area (Å²) < 4.78 is 27.4. The summed E-state index contributed by atoms with van der Waals surface area (Å²) in [6.45, 7) is 4.85. The number of anilines is 1. The van der Waals surface area contributed by atoms with E-state index in [9.17, 15) is 8.42 Å². The predicted octanol–water partition coefficient (Wildman–Crippen LogP) is 3.31. The number of nitrogens with two attached hydrogens (primary N) is 1. The number of rotatable bonds is 9. The molecule has 1 heterocycles. The number of hydrogen-bond acceptors (Lipinski definition) is 4. The van der Waals surface area contributed by atoms with Crippen molar-refractivity contribution >= 4 is 31.8 Å². The molecule has 1 rings (SSSR count). The molecule has 3 N–H and O–H groups in total. The Balaban J connectivity index is 2.38. The van der Waals surface area contributed by atoms with E-state index in [4.69, 9.17) is 5.73 Å². The summed E-state index contributed by atoms with van der Waals surface area (Å²) in [6, 6.07) is 1.47. The van der Waals surface area contributed by atoms with Crippen LogP contribution in [0.1, 0.15) is 46.0 Å². The van der Waals surface area contributed by atoms with Crippen molar-refractivity contribution in [1.29, 1.82) is 0 Å². The number of nitrogens with zero attached hydrogens (tertiary/aromatic N) is 1. The predicted molar refractivity (Wildman–Crippen MR) is 89.5 cm³/mol. The summed E-state index contributed by atoms with van der Waals surface area (Å²) >= 11 is 3.20. The first-order valence-electron chi connectivity index (χ1n) is 7.23. The first kappa shape index (κ1) is 18.4. The number of halogens is 1. The Bertz CT molecular complexity index is 547. The fraction of sp³-hybridized carbons (Fsp3) is 0.643. The van der Waals surface area contributed by atoms with Crippen LogP contribution >= 0.6 is 15.9 Å². The third-order valence-corrected chi connectivity index (χ3v) is 5.06. The molecule has 120 valence electrons. The van der Waals surface area contributed by atoms with Crippen molar-refractivity contribution in [1.82, 2.24) is 9.71 Å². The van der Waals surface area contributed by atoms with Crippen LogP contribution in [0.15, 0.2) is 21.6 Å². The largest absolute Gasteiger partial charge is 0.383 e. The zero-order valence-electron chi connectivity index (χ0n) is 12.6. The average Bonchev–Trinajstić information content (AvgIpc) is 2.40. The first-order chi connectivity index (χ1) is 9.83. The molecule has 1 aromatic rings.